The van der Waals surface area contributed by atoms with Crippen LogP contribution in [-0.2, 0) is 9.59 Å². The molecule has 0 bridgehead atoms. The number of methoxy groups -OCH3 is 1. The Balaban J connectivity index is 1.98. The van der Waals surface area contributed by atoms with Crippen LogP contribution in [0, 0.1) is 6.92 Å². The number of hydrogen-bond donors (Lipinski definition) is 1. The number of hydrogen-bond acceptors (Lipinski definition) is 3. The van der Waals surface area contributed by atoms with Crippen molar-refractivity contribution in [1.29, 1.82) is 0 Å². The van der Waals surface area contributed by atoms with E-state index in [1.807, 2.05) is 25.1 Å². The highest BCUT2D eigenvalue weighted by Gasteiger charge is 2.19. The summed E-state index contributed by atoms with van der Waals surface area (Å²) in [5.74, 6) is 0.570. The second kappa shape index (κ2) is 9.44. The molecule has 1 saturated carbocycles. The summed E-state index contributed by atoms with van der Waals surface area (Å²) < 4.78 is 5.38. The van der Waals surface area contributed by atoms with E-state index >= 15 is 0 Å². The topological polar surface area (TPSA) is 58.6 Å². The highest BCUT2D eigenvalue weighted by atomic mass is 16.5. The Morgan fingerprint density at radius 3 is 2.48 bits per heavy atom. The first kappa shape index (κ1) is 19.3. The molecule has 0 heterocycles. The highest BCUT2D eigenvalue weighted by molar-refractivity contribution is 5.94. The smallest absolute Gasteiger partial charge is 0.223 e. The summed E-state index contributed by atoms with van der Waals surface area (Å²) in [7, 11) is 1.59. The van der Waals surface area contributed by atoms with Gasteiger partial charge in [0.15, 0.2) is 0 Å². The second-order valence-corrected chi connectivity index (χ2v) is 6.85. The minimum atomic E-state index is -0.0915. The van der Waals surface area contributed by atoms with Gasteiger partial charge < -0.3 is 15.0 Å². The zero-order valence-corrected chi connectivity index (χ0v) is 15.6. The molecule has 1 N–H and O–H groups in total. The maximum Gasteiger partial charge on any atom is 0.223 e. The van der Waals surface area contributed by atoms with Crippen molar-refractivity contribution in [3.63, 3.8) is 0 Å². The molecule has 0 radical (unpaired) electrons. The molecule has 5 nitrogen and oxygen atoms in total. The van der Waals surface area contributed by atoms with Crippen molar-refractivity contribution < 1.29 is 14.3 Å². The lowest BCUT2D eigenvalue weighted by atomic mass is 10.1. The monoisotopic (exact) mass is 346 g/mol. The van der Waals surface area contributed by atoms with Crippen LogP contribution in [-0.4, -0.2) is 31.5 Å². The molecule has 1 aromatic carbocycles. The Labute approximate surface area is 150 Å². The van der Waals surface area contributed by atoms with Crippen molar-refractivity contribution >= 4 is 17.5 Å². The molecule has 0 atom stereocenters. The third-order valence-electron chi connectivity index (χ3n) is 4.79. The molecule has 1 aliphatic carbocycles. The molecule has 5 heteroatoms. The maximum absolute atomic E-state index is 12.3. The summed E-state index contributed by atoms with van der Waals surface area (Å²) in [5, 5.41) is 3.14. The Hall–Kier alpha value is -2.04. The van der Waals surface area contributed by atoms with E-state index in [1.165, 1.54) is 32.6 Å². The van der Waals surface area contributed by atoms with Crippen LogP contribution in [0.1, 0.15) is 57.4 Å². The van der Waals surface area contributed by atoms with Gasteiger partial charge in [0.2, 0.25) is 11.8 Å². The van der Waals surface area contributed by atoms with Crippen LogP contribution in [0.3, 0.4) is 0 Å². The van der Waals surface area contributed by atoms with Crippen molar-refractivity contribution in [2.24, 2.45) is 0 Å². The lowest BCUT2D eigenvalue weighted by Crippen LogP contribution is -2.38. The van der Waals surface area contributed by atoms with E-state index in [-0.39, 0.29) is 17.9 Å². The molecule has 0 spiro atoms. The molecule has 0 unspecified atom stereocenters. The average Bonchev–Trinajstić information content (AvgIpc) is 2.83. The van der Waals surface area contributed by atoms with Gasteiger partial charge in [-0.2, -0.15) is 0 Å². The molecular formula is C20H30N2O3. The number of benzene rings is 1. The van der Waals surface area contributed by atoms with Crippen LogP contribution in [0.15, 0.2) is 18.2 Å². The molecule has 1 aromatic rings. The lowest BCUT2D eigenvalue weighted by Gasteiger charge is -2.24. The van der Waals surface area contributed by atoms with E-state index in [4.69, 9.17) is 4.74 Å². The lowest BCUT2D eigenvalue weighted by molar-refractivity contribution is -0.121. The van der Waals surface area contributed by atoms with Gasteiger partial charge in [0.25, 0.3) is 0 Å². The van der Waals surface area contributed by atoms with Crippen LogP contribution in [0.2, 0.25) is 0 Å². The van der Waals surface area contributed by atoms with Gasteiger partial charge in [0.05, 0.1) is 12.8 Å². The van der Waals surface area contributed by atoms with Crippen LogP contribution in [0.4, 0.5) is 5.69 Å². The fourth-order valence-electron chi connectivity index (χ4n) is 3.40. The summed E-state index contributed by atoms with van der Waals surface area (Å²) in [6, 6.07) is 6.00. The molecule has 138 valence electrons. The van der Waals surface area contributed by atoms with Crippen LogP contribution in [0.5, 0.6) is 5.75 Å². The van der Waals surface area contributed by atoms with Crippen LogP contribution in [0.25, 0.3) is 0 Å². The molecule has 0 aliphatic heterocycles. The summed E-state index contributed by atoms with van der Waals surface area (Å²) in [6.45, 7) is 3.85. The number of carbonyl (C=O) groups excluding carboxylic acids is 2. The molecule has 1 aliphatic rings. The quantitative estimate of drug-likeness (QED) is 0.801. The van der Waals surface area contributed by atoms with E-state index < -0.39 is 0 Å². The molecular weight excluding hydrogens is 316 g/mol. The normalized spacial score (nSPS) is 15.3. The molecule has 2 amide bonds. The molecule has 0 saturated heterocycles. The Kier molecular flexibility index (Phi) is 7.29. The average molecular weight is 346 g/mol. The minimum absolute atomic E-state index is 0.0183. The maximum atomic E-state index is 12.3. The fraction of sp³-hybridized carbons (Fsp3) is 0.600. The van der Waals surface area contributed by atoms with Crippen molar-refractivity contribution in [3.05, 3.63) is 23.8 Å². The zero-order chi connectivity index (χ0) is 18.2. The first-order chi connectivity index (χ1) is 12.0. The van der Waals surface area contributed by atoms with Crippen LogP contribution < -0.4 is 15.0 Å². The third kappa shape index (κ3) is 5.76. The van der Waals surface area contributed by atoms with Gasteiger partial charge in [0.1, 0.15) is 5.75 Å². The molecule has 2 rings (SSSR count). The van der Waals surface area contributed by atoms with E-state index in [0.717, 1.165) is 24.1 Å². The number of anilines is 1. The van der Waals surface area contributed by atoms with E-state index in [1.54, 1.807) is 12.0 Å². The second-order valence-electron chi connectivity index (χ2n) is 6.85. The van der Waals surface area contributed by atoms with Gasteiger partial charge in [-0.25, -0.2) is 0 Å². The summed E-state index contributed by atoms with van der Waals surface area (Å²) >= 11 is 0. The summed E-state index contributed by atoms with van der Waals surface area (Å²) in [5.41, 5.74) is 1.77. The Morgan fingerprint density at radius 2 is 1.88 bits per heavy atom. The number of nitrogens with zero attached hydrogens (tertiary/aromatic N) is 1. The standard InChI is InChI=1S/C20H30N2O3/c1-15-10-11-19(25-3)18(14-15)22(16(2)23)13-12-20(24)21-17-8-6-4-5-7-9-17/h10-11,14,17H,4-9,12-13H2,1-3H3,(H,21,24). The predicted octanol–water partition coefficient (Wildman–Crippen LogP) is 3.59. The van der Waals surface area contributed by atoms with Gasteiger partial charge in [-0.15, -0.1) is 0 Å². The first-order valence-corrected chi connectivity index (χ1v) is 9.23. The number of amides is 2. The predicted molar refractivity (Wildman–Crippen MR) is 100 cm³/mol. The molecule has 0 aromatic heterocycles. The largest absolute Gasteiger partial charge is 0.495 e. The Bertz CT molecular complexity index is 593. The fourth-order valence-corrected chi connectivity index (χ4v) is 3.40. The zero-order valence-electron chi connectivity index (χ0n) is 15.6. The van der Waals surface area contributed by atoms with Crippen molar-refractivity contribution in [3.8, 4) is 5.75 Å². The number of aryl methyl sites for hydroxylation is 1. The van der Waals surface area contributed by atoms with Crippen molar-refractivity contribution in [1.82, 2.24) is 5.32 Å². The van der Waals surface area contributed by atoms with Gasteiger partial charge in [-0.1, -0.05) is 31.7 Å². The molecule has 25 heavy (non-hydrogen) atoms. The van der Waals surface area contributed by atoms with E-state index in [9.17, 15) is 9.59 Å². The van der Waals surface area contributed by atoms with Gasteiger partial charge in [0, 0.05) is 25.9 Å². The van der Waals surface area contributed by atoms with E-state index in [2.05, 4.69) is 5.32 Å². The van der Waals surface area contributed by atoms with Gasteiger partial charge in [-0.05, 0) is 37.5 Å². The summed E-state index contributed by atoms with van der Waals surface area (Å²) in [6.07, 6.45) is 7.32. The van der Waals surface area contributed by atoms with Crippen molar-refractivity contribution in [2.75, 3.05) is 18.6 Å². The SMILES string of the molecule is COc1ccc(C)cc1N(CCC(=O)NC1CCCCCC1)C(C)=O. The first-order valence-electron chi connectivity index (χ1n) is 9.23. The van der Waals surface area contributed by atoms with E-state index in [0.29, 0.717) is 18.7 Å². The van der Waals surface area contributed by atoms with Gasteiger partial charge >= 0.3 is 0 Å². The number of rotatable bonds is 6. The van der Waals surface area contributed by atoms with Gasteiger partial charge in [-0.3, -0.25) is 9.59 Å². The summed E-state index contributed by atoms with van der Waals surface area (Å²) in [4.78, 5) is 26.1. The highest BCUT2D eigenvalue weighted by Crippen LogP contribution is 2.29. The van der Waals surface area contributed by atoms with Crippen molar-refractivity contribution in [2.45, 2.75) is 64.8 Å². The Morgan fingerprint density at radius 1 is 1.20 bits per heavy atom. The number of carbonyl (C=O) groups is 2. The minimum Gasteiger partial charge on any atom is -0.495 e. The number of ether oxygens (including phenoxy) is 1. The number of nitrogens with one attached hydrogen (secondary N) is 1. The molecule has 1 fully saturated rings. The van der Waals surface area contributed by atoms with Crippen LogP contribution >= 0.6 is 0 Å². The third-order valence-corrected chi connectivity index (χ3v) is 4.79.